The van der Waals surface area contributed by atoms with Crippen molar-refractivity contribution in [3.8, 4) is 0 Å². The Morgan fingerprint density at radius 1 is 1.12 bits per heavy atom. The van der Waals surface area contributed by atoms with Crippen LogP contribution >= 0.6 is 11.6 Å². The Hall–Kier alpha value is -2.28. The Balaban J connectivity index is 1.70. The van der Waals surface area contributed by atoms with Gasteiger partial charge in [-0.25, -0.2) is 0 Å². The van der Waals surface area contributed by atoms with Gasteiger partial charge in [-0.1, -0.05) is 11.6 Å². The number of alkyl halides is 3. The van der Waals surface area contributed by atoms with Gasteiger partial charge >= 0.3 is 6.18 Å². The van der Waals surface area contributed by atoms with Crippen LogP contribution in [0, 0.1) is 0 Å². The highest BCUT2D eigenvalue weighted by molar-refractivity contribution is 6.31. The molecule has 2 aromatic rings. The van der Waals surface area contributed by atoms with Crippen molar-refractivity contribution in [1.82, 2.24) is 9.88 Å². The molecule has 132 valence electrons. The largest absolute Gasteiger partial charge is 0.417 e. The van der Waals surface area contributed by atoms with Crippen LogP contribution in [0.1, 0.15) is 15.9 Å². The number of anilines is 1. The minimum Gasteiger partial charge on any atom is -0.368 e. The second-order valence-electron chi connectivity index (χ2n) is 5.68. The average Bonchev–Trinajstić information content (AvgIpc) is 2.61. The highest BCUT2D eigenvalue weighted by Gasteiger charge is 2.34. The fourth-order valence-electron chi connectivity index (χ4n) is 2.77. The summed E-state index contributed by atoms with van der Waals surface area (Å²) in [7, 11) is 0. The average molecular weight is 370 g/mol. The number of amides is 1. The molecule has 0 N–H and O–H groups in total. The Morgan fingerprint density at radius 3 is 2.44 bits per heavy atom. The molecule has 3 rings (SSSR count). The molecule has 1 aromatic carbocycles. The highest BCUT2D eigenvalue weighted by atomic mass is 35.5. The summed E-state index contributed by atoms with van der Waals surface area (Å²) >= 11 is 5.66. The first-order valence-electron chi connectivity index (χ1n) is 7.67. The van der Waals surface area contributed by atoms with Gasteiger partial charge < -0.3 is 9.80 Å². The third-order valence-electron chi connectivity index (χ3n) is 4.10. The lowest BCUT2D eigenvalue weighted by Gasteiger charge is -2.36. The normalized spacial score (nSPS) is 15.4. The summed E-state index contributed by atoms with van der Waals surface area (Å²) in [5, 5.41) is -0.318. The molecule has 1 amide bonds. The lowest BCUT2D eigenvalue weighted by molar-refractivity contribution is -0.137. The van der Waals surface area contributed by atoms with Crippen molar-refractivity contribution in [3.63, 3.8) is 0 Å². The minimum atomic E-state index is -4.49. The molecular weight excluding hydrogens is 355 g/mol. The van der Waals surface area contributed by atoms with Gasteiger partial charge in [-0.05, 0) is 30.3 Å². The maximum absolute atomic E-state index is 13.0. The van der Waals surface area contributed by atoms with E-state index in [4.69, 9.17) is 11.6 Å². The second kappa shape index (κ2) is 6.92. The van der Waals surface area contributed by atoms with Crippen LogP contribution in [0.25, 0.3) is 0 Å². The molecule has 0 saturated carbocycles. The summed E-state index contributed by atoms with van der Waals surface area (Å²) in [5.41, 5.74) is 0.104. The number of nitrogens with zero attached hydrogens (tertiary/aromatic N) is 3. The quantitative estimate of drug-likeness (QED) is 0.809. The summed E-state index contributed by atoms with van der Waals surface area (Å²) in [5.74, 6) is -0.125. The monoisotopic (exact) mass is 369 g/mol. The van der Waals surface area contributed by atoms with E-state index in [0.717, 1.165) is 6.07 Å². The predicted molar refractivity (Wildman–Crippen MR) is 88.8 cm³/mol. The summed E-state index contributed by atoms with van der Waals surface area (Å²) < 4.78 is 39.0. The number of pyridine rings is 1. The van der Waals surface area contributed by atoms with Crippen LogP contribution in [0.3, 0.4) is 0 Å². The lowest BCUT2D eigenvalue weighted by Crippen LogP contribution is -2.48. The zero-order valence-corrected chi connectivity index (χ0v) is 13.9. The van der Waals surface area contributed by atoms with Crippen molar-refractivity contribution >= 4 is 23.2 Å². The van der Waals surface area contributed by atoms with E-state index in [1.54, 1.807) is 29.3 Å². The van der Waals surface area contributed by atoms with Crippen molar-refractivity contribution in [2.75, 3.05) is 31.1 Å². The SMILES string of the molecule is O=C(c1cccnc1)N1CCN(c2ccc(Cl)c(C(F)(F)F)c2)CC1. The van der Waals surface area contributed by atoms with Gasteiger partial charge in [0.05, 0.1) is 16.1 Å². The van der Waals surface area contributed by atoms with E-state index < -0.39 is 11.7 Å². The second-order valence-corrected chi connectivity index (χ2v) is 6.09. The molecule has 0 radical (unpaired) electrons. The van der Waals surface area contributed by atoms with Crippen LogP contribution < -0.4 is 4.90 Å². The Morgan fingerprint density at radius 2 is 1.84 bits per heavy atom. The van der Waals surface area contributed by atoms with Crippen molar-refractivity contribution in [2.24, 2.45) is 0 Å². The zero-order valence-electron chi connectivity index (χ0n) is 13.1. The minimum absolute atomic E-state index is 0.125. The third kappa shape index (κ3) is 3.87. The number of rotatable bonds is 2. The van der Waals surface area contributed by atoms with Gasteiger partial charge in [0, 0.05) is 44.3 Å². The van der Waals surface area contributed by atoms with Crippen LogP contribution in [0.4, 0.5) is 18.9 Å². The van der Waals surface area contributed by atoms with Crippen LogP contribution in [0.5, 0.6) is 0 Å². The molecule has 0 atom stereocenters. The van der Waals surface area contributed by atoms with E-state index in [0.29, 0.717) is 37.4 Å². The van der Waals surface area contributed by atoms with Crippen molar-refractivity contribution in [2.45, 2.75) is 6.18 Å². The Labute approximate surface area is 147 Å². The zero-order chi connectivity index (χ0) is 18.0. The molecule has 8 heteroatoms. The summed E-state index contributed by atoms with van der Waals surface area (Å²) in [6.45, 7) is 1.76. The standard InChI is InChI=1S/C17H15ClF3N3O/c18-15-4-3-13(10-14(15)17(19,20)21)23-6-8-24(9-7-23)16(25)12-2-1-5-22-11-12/h1-5,10-11H,6-9H2. The number of hydrogen-bond donors (Lipinski definition) is 0. The van der Waals surface area contributed by atoms with Gasteiger partial charge in [0.2, 0.25) is 0 Å². The van der Waals surface area contributed by atoms with Crippen molar-refractivity contribution < 1.29 is 18.0 Å². The third-order valence-corrected chi connectivity index (χ3v) is 4.43. The van der Waals surface area contributed by atoms with E-state index >= 15 is 0 Å². The molecule has 0 unspecified atom stereocenters. The summed E-state index contributed by atoms with van der Waals surface area (Å²) in [6, 6.07) is 7.26. The van der Waals surface area contributed by atoms with Gasteiger partial charge in [0.1, 0.15) is 0 Å². The molecule has 0 bridgehead atoms. The molecule has 4 nitrogen and oxygen atoms in total. The Kier molecular flexibility index (Phi) is 4.85. The molecule has 1 saturated heterocycles. The molecule has 0 spiro atoms. The summed E-state index contributed by atoms with van der Waals surface area (Å²) in [4.78, 5) is 19.8. The smallest absolute Gasteiger partial charge is 0.368 e. The van der Waals surface area contributed by atoms with Crippen LogP contribution in [-0.2, 0) is 6.18 Å². The molecule has 0 aliphatic carbocycles. The van der Waals surface area contributed by atoms with Gasteiger partial charge in [-0.2, -0.15) is 13.2 Å². The first-order valence-corrected chi connectivity index (χ1v) is 8.05. The molecule has 1 aliphatic heterocycles. The first-order chi connectivity index (χ1) is 11.9. The van der Waals surface area contributed by atoms with Gasteiger partial charge in [0.25, 0.3) is 5.91 Å². The Bertz CT molecular complexity index is 759. The van der Waals surface area contributed by atoms with E-state index in [-0.39, 0.29) is 10.9 Å². The summed E-state index contributed by atoms with van der Waals surface area (Å²) in [6.07, 6.45) is -1.40. The number of aromatic nitrogens is 1. The number of benzene rings is 1. The van der Waals surface area contributed by atoms with E-state index in [2.05, 4.69) is 4.98 Å². The number of piperazine rings is 1. The van der Waals surface area contributed by atoms with Gasteiger partial charge in [-0.3, -0.25) is 9.78 Å². The van der Waals surface area contributed by atoms with Gasteiger partial charge in [0.15, 0.2) is 0 Å². The van der Waals surface area contributed by atoms with E-state index in [1.165, 1.54) is 12.3 Å². The van der Waals surface area contributed by atoms with E-state index in [1.807, 2.05) is 4.90 Å². The maximum atomic E-state index is 13.0. The molecule has 1 fully saturated rings. The molecule has 25 heavy (non-hydrogen) atoms. The lowest BCUT2D eigenvalue weighted by atomic mass is 10.1. The predicted octanol–water partition coefficient (Wildman–Crippen LogP) is 3.72. The van der Waals surface area contributed by atoms with Crippen molar-refractivity contribution in [1.29, 1.82) is 0 Å². The molecule has 1 aromatic heterocycles. The number of hydrogen-bond acceptors (Lipinski definition) is 3. The van der Waals surface area contributed by atoms with Crippen LogP contribution in [0.2, 0.25) is 5.02 Å². The molecular formula is C17H15ClF3N3O. The fourth-order valence-corrected chi connectivity index (χ4v) is 2.99. The van der Waals surface area contributed by atoms with Crippen LogP contribution in [-0.4, -0.2) is 42.0 Å². The molecule has 2 heterocycles. The van der Waals surface area contributed by atoms with Crippen LogP contribution in [0.15, 0.2) is 42.7 Å². The maximum Gasteiger partial charge on any atom is 0.417 e. The van der Waals surface area contributed by atoms with Crippen molar-refractivity contribution in [3.05, 3.63) is 58.9 Å². The van der Waals surface area contributed by atoms with Gasteiger partial charge in [-0.15, -0.1) is 0 Å². The molecule has 1 aliphatic rings. The van der Waals surface area contributed by atoms with E-state index in [9.17, 15) is 18.0 Å². The topological polar surface area (TPSA) is 36.4 Å². The number of carbonyl (C=O) groups excluding carboxylic acids is 1. The highest BCUT2D eigenvalue weighted by Crippen LogP contribution is 2.37. The first kappa shape index (κ1) is 17.5. The fraction of sp³-hybridized carbons (Fsp3) is 0.294. The number of halogens is 4. The number of carbonyl (C=O) groups is 1.